The van der Waals surface area contributed by atoms with Crippen LogP contribution in [0.5, 0.6) is 0 Å². The van der Waals surface area contributed by atoms with E-state index in [1.165, 1.54) is 15.3 Å². The molecule has 2 nitrogen and oxygen atoms in total. The zero-order valence-electron chi connectivity index (χ0n) is 10.4. The Morgan fingerprint density at radius 1 is 1.29 bits per heavy atom. The minimum absolute atomic E-state index is 0.961. The van der Waals surface area contributed by atoms with Crippen LogP contribution in [0.25, 0.3) is 0 Å². The number of nitrogens with zero attached hydrogens (tertiary/aromatic N) is 1. The highest BCUT2D eigenvalue weighted by molar-refractivity contribution is 7.12. The number of hydrogen-bond donors (Lipinski definition) is 1. The van der Waals surface area contributed by atoms with Gasteiger partial charge in [-0.15, -0.1) is 11.3 Å². The zero-order chi connectivity index (χ0) is 12.1. The molecule has 0 aliphatic rings. The van der Waals surface area contributed by atoms with Gasteiger partial charge in [-0.1, -0.05) is 6.07 Å². The Kier molecular flexibility index (Phi) is 4.29. The second-order valence-corrected chi connectivity index (χ2v) is 5.65. The molecular formula is C14H18N2S. The van der Waals surface area contributed by atoms with E-state index < -0.39 is 0 Å². The van der Waals surface area contributed by atoms with Crippen molar-refractivity contribution in [1.82, 2.24) is 10.3 Å². The van der Waals surface area contributed by atoms with Crippen LogP contribution in [0, 0.1) is 13.8 Å². The number of thiophene rings is 1. The van der Waals surface area contributed by atoms with Gasteiger partial charge in [0.15, 0.2) is 0 Å². The van der Waals surface area contributed by atoms with Crippen LogP contribution in [0.2, 0.25) is 0 Å². The first-order valence-corrected chi connectivity index (χ1v) is 6.74. The summed E-state index contributed by atoms with van der Waals surface area (Å²) in [6, 6.07) is 8.33. The van der Waals surface area contributed by atoms with E-state index in [-0.39, 0.29) is 0 Å². The third kappa shape index (κ3) is 3.65. The number of rotatable bonds is 5. The summed E-state index contributed by atoms with van der Waals surface area (Å²) in [5.74, 6) is 0. The molecule has 0 aromatic carbocycles. The number of aromatic nitrogens is 1. The van der Waals surface area contributed by atoms with Crippen molar-refractivity contribution in [3.63, 3.8) is 0 Å². The summed E-state index contributed by atoms with van der Waals surface area (Å²) < 4.78 is 0. The molecule has 0 unspecified atom stereocenters. The van der Waals surface area contributed by atoms with Gasteiger partial charge in [0, 0.05) is 41.2 Å². The Morgan fingerprint density at radius 3 is 2.82 bits per heavy atom. The van der Waals surface area contributed by atoms with Gasteiger partial charge in [-0.05, 0) is 37.6 Å². The fraction of sp³-hybridized carbons (Fsp3) is 0.357. The average Bonchev–Trinajstić information content (AvgIpc) is 2.65. The van der Waals surface area contributed by atoms with Crippen molar-refractivity contribution in [2.45, 2.75) is 26.8 Å². The van der Waals surface area contributed by atoms with E-state index in [1.807, 2.05) is 29.7 Å². The van der Waals surface area contributed by atoms with Gasteiger partial charge in [0.1, 0.15) is 0 Å². The highest BCUT2D eigenvalue weighted by Gasteiger charge is 2.01. The van der Waals surface area contributed by atoms with Crippen molar-refractivity contribution in [2.24, 2.45) is 0 Å². The van der Waals surface area contributed by atoms with Gasteiger partial charge in [-0.3, -0.25) is 4.98 Å². The van der Waals surface area contributed by atoms with E-state index in [9.17, 15) is 0 Å². The van der Waals surface area contributed by atoms with E-state index in [2.05, 4.69) is 36.3 Å². The molecule has 2 rings (SSSR count). The van der Waals surface area contributed by atoms with Crippen molar-refractivity contribution in [3.05, 3.63) is 51.5 Å². The lowest BCUT2D eigenvalue weighted by atomic mass is 10.2. The maximum Gasteiger partial charge on any atom is 0.0416 e. The molecule has 2 aromatic rings. The molecule has 2 heterocycles. The zero-order valence-corrected chi connectivity index (χ0v) is 11.2. The Morgan fingerprint density at radius 2 is 2.18 bits per heavy atom. The van der Waals surface area contributed by atoms with E-state index >= 15 is 0 Å². The highest BCUT2D eigenvalue weighted by atomic mass is 32.1. The Labute approximate surface area is 107 Å². The number of hydrogen-bond acceptors (Lipinski definition) is 3. The standard InChI is InChI=1S/C14H18N2S/c1-11-9-13(12(2)17-11)10-15-8-6-14-5-3-4-7-16-14/h3-5,7,9,15H,6,8,10H2,1-2H3. The second-order valence-electron chi connectivity index (χ2n) is 4.19. The van der Waals surface area contributed by atoms with Crippen LogP contribution >= 0.6 is 11.3 Å². The van der Waals surface area contributed by atoms with E-state index in [1.54, 1.807) is 0 Å². The van der Waals surface area contributed by atoms with Crippen molar-refractivity contribution >= 4 is 11.3 Å². The molecule has 0 spiro atoms. The van der Waals surface area contributed by atoms with Gasteiger partial charge in [0.25, 0.3) is 0 Å². The van der Waals surface area contributed by atoms with Crippen LogP contribution in [0.15, 0.2) is 30.5 Å². The third-order valence-corrected chi connectivity index (χ3v) is 3.75. The van der Waals surface area contributed by atoms with Crippen molar-refractivity contribution < 1.29 is 0 Å². The van der Waals surface area contributed by atoms with Gasteiger partial charge >= 0.3 is 0 Å². The summed E-state index contributed by atoms with van der Waals surface area (Å²) in [6.45, 7) is 6.29. The molecule has 90 valence electrons. The summed E-state index contributed by atoms with van der Waals surface area (Å²) in [4.78, 5) is 7.12. The molecule has 17 heavy (non-hydrogen) atoms. The molecule has 0 saturated heterocycles. The van der Waals surface area contributed by atoms with Crippen LogP contribution in [-0.4, -0.2) is 11.5 Å². The van der Waals surface area contributed by atoms with Gasteiger partial charge in [0.2, 0.25) is 0 Å². The van der Waals surface area contributed by atoms with Crippen LogP contribution in [0.4, 0.5) is 0 Å². The SMILES string of the molecule is Cc1cc(CNCCc2ccccn2)c(C)s1. The molecule has 0 fully saturated rings. The average molecular weight is 246 g/mol. The number of pyridine rings is 1. The van der Waals surface area contributed by atoms with Gasteiger partial charge in [-0.25, -0.2) is 0 Å². The molecular weight excluding hydrogens is 228 g/mol. The Balaban J connectivity index is 1.75. The minimum Gasteiger partial charge on any atom is -0.312 e. The van der Waals surface area contributed by atoms with Crippen molar-refractivity contribution in [2.75, 3.05) is 6.54 Å². The summed E-state index contributed by atoms with van der Waals surface area (Å²) >= 11 is 1.87. The van der Waals surface area contributed by atoms with Crippen LogP contribution in [0.1, 0.15) is 21.0 Å². The predicted octanol–water partition coefficient (Wildman–Crippen LogP) is 3.09. The summed E-state index contributed by atoms with van der Waals surface area (Å²) in [5.41, 5.74) is 2.58. The fourth-order valence-electron chi connectivity index (χ4n) is 1.84. The molecule has 0 saturated carbocycles. The number of aryl methyl sites for hydroxylation is 2. The fourth-order valence-corrected chi connectivity index (χ4v) is 2.79. The predicted molar refractivity (Wildman–Crippen MR) is 73.4 cm³/mol. The van der Waals surface area contributed by atoms with Gasteiger partial charge in [-0.2, -0.15) is 0 Å². The monoisotopic (exact) mass is 246 g/mol. The van der Waals surface area contributed by atoms with Crippen LogP contribution in [-0.2, 0) is 13.0 Å². The molecule has 3 heteroatoms. The lowest BCUT2D eigenvalue weighted by Crippen LogP contribution is -2.17. The largest absolute Gasteiger partial charge is 0.312 e. The normalized spacial score (nSPS) is 10.7. The quantitative estimate of drug-likeness (QED) is 0.820. The molecule has 0 amide bonds. The van der Waals surface area contributed by atoms with Crippen LogP contribution < -0.4 is 5.32 Å². The lowest BCUT2D eigenvalue weighted by molar-refractivity contribution is 0.679. The maximum absolute atomic E-state index is 4.31. The first kappa shape index (κ1) is 12.3. The summed E-state index contributed by atoms with van der Waals surface area (Å²) in [5, 5.41) is 3.47. The lowest BCUT2D eigenvalue weighted by Gasteiger charge is -2.04. The maximum atomic E-state index is 4.31. The summed E-state index contributed by atoms with van der Waals surface area (Å²) in [6.07, 6.45) is 2.84. The Hall–Kier alpha value is -1.19. The topological polar surface area (TPSA) is 24.9 Å². The Bertz CT molecular complexity index is 462. The van der Waals surface area contributed by atoms with Gasteiger partial charge < -0.3 is 5.32 Å². The minimum atomic E-state index is 0.961. The molecule has 0 aliphatic carbocycles. The molecule has 1 N–H and O–H groups in total. The molecule has 0 radical (unpaired) electrons. The van der Waals surface area contributed by atoms with Crippen molar-refractivity contribution in [3.8, 4) is 0 Å². The third-order valence-electron chi connectivity index (χ3n) is 2.74. The summed E-state index contributed by atoms with van der Waals surface area (Å²) in [7, 11) is 0. The van der Waals surface area contributed by atoms with E-state index in [4.69, 9.17) is 0 Å². The van der Waals surface area contributed by atoms with Crippen LogP contribution in [0.3, 0.4) is 0 Å². The second kappa shape index (κ2) is 5.94. The molecule has 0 atom stereocenters. The van der Waals surface area contributed by atoms with Gasteiger partial charge in [0.05, 0.1) is 0 Å². The van der Waals surface area contributed by atoms with Crippen molar-refractivity contribution in [1.29, 1.82) is 0 Å². The molecule has 0 bridgehead atoms. The smallest absolute Gasteiger partial charge is 0.0416 e. The molecule has 2 aromatic heterocycles. The molecule has 0 aliphatic heterocycles. The number of nitrogens with one attached hydrogen (secondary N) is 1. The van der Waals surface area contributed by atoms with E-state index in [0.29, 0.717) is 0 Å². The highest BCUT2D eigenvalue weighted by Crippen LogP contribution is 2.20. The van der Waals surface area contributed by atoms with E-state index in [0.717, 1.165) is 25.2 Å². The first-order valence-electron chi connectivity index (χ1n) is 5.92. The first-order chi connectivity index (χ1) is 8.25.